The van der Waals surface area contributed by atoms with E-state index in [-0.39, 0.29) is 58.2 Å². The fourth-order valence-electron chi connectivity index (χ4n) is 15.5. The van der Waals surface area contributed by atoms with Crippen LogP contribution in [0.5, 0.6) is 92.0 Å². The van der Waals surface area contributed by atoms with E-state index in [0.29, 0.717) is 32.2 Å². The molecule has 9 aliphatic heterocycles. The van der Waals surface area contributed by atoms with Gasteiger partial charge in [-0.2, -0.15) is 13.7 Å². The van der Waals surface area contributed by atoms with Crippen LogP contribution < -0.4 is 122 Å². The number of ether oxygens (including phenoxy) is 15. The number of phenolic OH excluding ortho intramolecular Hbond substituents is 1. The predicted octanol–water partition coefficient (Wildman–Crippen LogP) is 2.71. The van der Waals surface area contributed by atoms with Crippen molar-refractivity contribution in [2.24, 2.45) is 0 Å². The summed E-state index contributed by atoms with van der Waals surface area (Å²) in [6, 6.07) is 39.8. The summed E-state index contributed by atoms with van der Waals surface area (Å²) >= 11 is 0. The van der Waals surface area contributed by atoms with Crippen molar-refractivity contribution in [1.82, 2.24) is 4.90 Å². The topological polar surface area (TPSA) is 174 Å². The van der Waals surface area contributed by atoms with E-state index in [1.807, 2.05) is 30.5 Å². The van der Waals surface area contributed by atoms with Crippen LogP contribution in [-0.2, 0) is 58.3 Å². The van der Waals surface area contributed by atoms with Crippen molar-refractivity contribution >= 4 is 40.7 Å². The van der Waals surface area contributed by atoms with E-state index in [1.54, 1.807) is 55.8 Å². The van der Waals surface area contributed by atoms with Gasteiger partial charge in [-0.3, -0.25) is 4.90 Å². The minimum atomic E-state index is 0. The van der Waals surface area contributed by atoms with Gasteiger partial charge in [0.1, 0.15) is 0 Å². The Balaban J connectivity index is 0.000000121. The number of phenols is 1. The second-order valence-electron chi connectivity index (χ2n) is 25.4. The van der Waals surface area contributed by atoms with Gasteiger partial charge in [0.2, 0.25) is 44.3 Å². The molecule has 1 atom stereocenters. The highest BCUT2D eigenvalue weighted by molar-refractivity contribution is 5.94. The molecule has 0 bridgehead atoms. The van der Waals surface area contributed by atoms with Crippen LogP contribution in [0.2, 0.25) is 0 Å². The highest BCUT2D eigenvalue weighted by atomic mass is 35.5. The molecule has 3 aromatic heterocycles. The normalized spacial score (nSPS) is 15.2. The molecule has 103 heavy (non-hydrogen) atoms. The van der Waals surface area contributed by atoms with Crippen molar-refractivity contribution in [3.63, 3.8) is 0 Å². The van der Waals surface area contributed by atoms with Crippen LogP contribution in [0.4, 0.5) is 0 Å². The molecule has 0 saturated carbocycles. The first-order chi connectivity index (χ1) is 48.6. The number of benzene rings is 8. The molecule has 20 rings (SSSR count). The maximum atomic E-state index is 10.4. The Morgan fingerprint density at radius 2 is 0.738 bits per heavy atom. The number of hydrogen-bond donors (Lipinski definition) is 1. The van der Waals surface area contributed by atoms with E-state index in [0.717, 1.165) is 189 Å². The van der Waals surface area contributed by atoms with Crippen molar-refractivity contribution < 1.29 is 127 Å². The number of nitrogens with zero attached hydrogens (tertiary/aromatic N) is 4. The van der Waals surface area contributed by atoms with Gasteiger partial charge in [-0.1, -0.05) is 6.07 Å². The maximum Gasteiger partial charge on any atom is 0.231 e. The lowest BCUT2D eigenvalue weighted by molar-refractivity contribution is -0.686. The van der Waals surface area contributed by atoms with E-state index in [1.165, 1.54) is 61.5 Å². The Labute approximate surface area is 615 Å². The third kappa shape index (κ3) is 12.4. The fourth-order valence-corrected chi connectivity index (χ4v) is 15.5. The van der Waals surface area contributed by atoms with Crippen LogP contribution in [-0.4, -0.2) is 102 Å². The van der Waals surface area contributed by atoms with E-state index in [9.17, 15) is 5.11 Å². The third-order valence-corrected chi connectivity index (χ3v) is 20.4. The molecule has 12 heterocycles. The zero-order valence-electron chi connectivity index (χ0n) is 57.7. The lowest BCUT2D eigenvalue weighted by Crippen LogP contribution is -3.00. The van der Waals surface area contributed by atoms with Crippen molar-refractivity contribution in [1.29, 1.82) is 0 Å². The fraction of sp³-hybridized carbons (Fsp3) is 0.278. The maximum absolute atomic E-state index is 10.4. The van der Waals surface area contributed by atoms with Crippen LogP contribution in [0.25, 0.3) is 66.1 Å². The second-order valence-corrected chi connectivity index (χ2v) is 25.4. The smallest absolute Gasteiger partial charge is 0.231 e. The molecule has 11 aromatic rings. The summed E-state index contributed by atoms with van der Waals surface area (Å²) in [5.74, 6) is 12.1. The van der Waals surface area contributed by atoms with Crippen molar-refractivity contribution in [3.05, 3.63) is 173 Å². The van der Waals surface area contributed by atoms with Gasteiger partial charge in [0.05, 0.1) is 82.6 Å². The van der Waals surface area contributed by atoms with Gasteiger partial charge in [-0.05, 0) is 153 Å². The summed E-state index contributed by atoms with van der Waals surface area (Å²) < 4.78 is 89.4. The molecular weight excluding hydrogens is 1380 g/mol. The van der Waals surface area contributed by atoms with Gasteiger partial charge in [0.25, 0.3) is 0 Å². The lowest BCUT2D eigenvalue weighted by Gasteiger charge is -2.42. The van der Waals surface area contributed by atoms with Gasteiger partial charge in [-0.15, -0.1) is 0 Å². The highest BCUT2D eigenvalue weighted by Crippen LogP contribution is 2.49. The molecule has 24 heteroatoms. The molecule has 0 amide bonds. The summed E-state index contributed by atoms with van der Waals surface area (Å²) in [7, 11) is 11.6. The molecular formula is C79H73BCl3N4O16. The summed E-state index contributed by atoms with van der Waals surface area (Å²) in [5.41, 5.74) is 16.2. The molecule has 8 aromatic carbocycles. The standard InChI is InChI=1S/C20H21NO4.2C20H18NO4.C19H15NO4.B.3ClH/c3*1-22-17-4-3-12-7-16-14-9-19-18(24-11-25-19)8-13(14)5-6-21(16)10-15(12)20(17)23-2;1-22-16-3-2-11-6-15-13-8-18-17(23-10-24-18)7-12(13)4-5-20(15)9-14(11)19(16)21;;;;/h3-4,8-9,16H,5-7,10-11H2,1-2H3;2*3-4,7-10H,5-6,11H2,1-2H3;2-3,6-9H,4-5,10H2,1H3;;3*1H/q;2*+1;;;;;/p-2. The minimum absolute atomic E-state index is 0. The summed E-state index contributed by atoms with van der Waals surface area (Å²) in [6.07, 6.45) is 11.1. The number of methoxy groups -OCH3 is 7. The SMILES string of the molecule is COc1ccc2c(c1OC)CN1CCc3cc4c(cc3C1C2)OCO4.COc1ccc2cc3[n+](cc2c1O)CCc1cc2c(cc1-3)OCO2.COc1ccc2cc3[n+](cc2c1OC)CCc1cc2c(cc1-3)OCO2.COc1ccc2cc3[n+](cc2c1OC)CCc1cc2c(cc1-3)OCO2.[B].[Cl-].[Cl-].[Cl-]. The number of aromatic nitrogens is 3. The van der Waals surface area contributed by atoms with Gasteiger partial charge in [0, 0.05) is 70.6 Å². The number of hydrogen-bond acceptors (Lipinski definition) is 17. The minimum Gasteiger partial charge on any atom is -1.00 e. The van der Waals surface area contributed by atoms with Crippen molar-refractivity contribution in [3.8, 4) is 126 Å². The van der Waals surface area contributed by atoms with Crippen molar-refractivity contribution in [2.45, 2.75) is 64.3 Å². The van der Waals surface area contributed by atoms with E-state index >= 15 is 0 Å². The Bertz CT molecular complexity index is 5000. The first-order valence-electron chi connectivity index (χ1n) is 33.2. The largest absolute Gasteiger partial charge is 1.00 e. The Morgan fingerprint density at radius 1 is 0.379 bits per heavy atom. The number of aromatic hydroxyl groups is 1. The molecule has 0 saturated heterocycles. The van der Waals surface area contributed by atoms with E-state index < -0.39 is 0 Å². The van der Waals surface area contributed by atoms with Crippen LogP contribution in [0.3, 0.4) is 0 Å². The zero-order valence-corrected chi connectivity index (χ0v) is 60.0. The summed E-state index contributed by atoms with van der Waals surface area (Å²) in [6.45, 7) is 5.81. The lowest BCUT2D eigenvalue weighted by atomic mass is 9.83. The number of fused-ring (bicyclic) bond motifs is 20. The molecule has 9 aliphatic rings. The Hall–Kier alpha value is -10.3. The van der Waals surface area contributed by atoms with Crippen LogP contribution in [0, 0.1) is 0 Å². The summed E-state index contributed by atoms with van der Waals surface area (Å²) in [4.78, 5) is 2.54. The Kier molecular flexibility index (Phi) is 20.2. The third-order valence-electron chi connectivity index (χ3n) is 20.4. The Morgan fingerprint density at radius 3 is 1.16 bits per heavy atom. The zero-order chi connectivity index (χ0) is 67.2. The van der Waals surface area contributed by atoms with Crippen LogP contribution in [0.15, 0.2) is 134 Å². The van der Waals surface area contributed by atoms with E-state index in [4.69, 9.17) is 71.1 Å². The van der Waals surface area contributed by atoms with Crippen molar-refractivity contribution in [2.75, 3.05) is 83.5 Å². The first kappa shape index (κ1) is 71.1. The average molecular weight is 1450 g/mol. The number of halogens is 3. The van der Waals surface area contributed by atoms with Gasteiger partial charge in [0.15, 0.2) is 130 Å². The first-order valence-corrected chi connectivity index (χ1v) is 33.2. The average Bonchev–Trinajstić information content (AvgIpc) is 1.72. The molecule has 0 fully saturated rings. The summed E-state index contributed by atoms with van der Waals surface area (Å²) in [5, 5.41) is 16.5. The number of aryl methyl sites for hydroxylation is 6. The number of pyridine rings is 3. The van der Waals surface area contributed by atoms with Crippen LogP contribution in [0.1, 0.15) is 45.0 Å². The monoisotopic (exact) mass is 1450 g/mol. The molecule has 1 unspecified atom stereocenters. The molecule has 20 nitrogen and oxygen atoms in total. The number of rotatable bonds is 7. The van der Waals surface area contributed by atoms with Gasteiger partial charge < -0.3 is 113 Å². The molecule has 1 N–H and O–H groups in total. The molecule has 3 radical (unpaired) electrons. The quantitative estimate of drug-likeness (QED) is 0.182. The predicted molar refractivity (Wildman–Crippen MR) is 371 cm³/mol. The molecule has 529 valence electrons. The van der Waals surface area contributed by atoms with Crippen LogP contribution >= 0.6 is 0 Å². The van der Waals surface area contributed by atoms with Gasteiger partial charge in [-0.25, -0.2) is 0 Å². The second kappa shape index (κ2) is 29.2. The van der Waals surface area contributed by atoms with Gasteiger partial charge >= 0.3 is 0 Å². The molecule has 0 aliphatic carbocycles. The molecule has 0 spiro atoms. The van der Waals surface area contributed by atoms with E-state index in [2.05, 4.69) is 116 Å². The highest BCUT2D eigenvalue weighted by Gasteiger charge is 2.37.